The average molecular weight is 417 g/mol. The Kier molecular flexibility index (Phi) is 6.58. The molecule has 3 rings (SSSR count). The second kappa shape index (κ2) is 9.13. The molecule has 3 N–H and O–H groups in total. The van der Waals surface area contributed by atoms with Crippen LogP contribution < -0.4 is 16.1 Å². The summed E-state index contributed by atoms with van der Waals surface area (Å²) in [5.41, 5.74) is -1.29. The molecule has 1 saturated heterocycles. The Morgan fingerprint density at radius 3 is 2.72 bits per heavy atom. The maximum absolute atomic E-state index is 12.6. The number of thioether (sulfide) groups is 1. The van der Waals surface area contributed by atoms with Crippen LogP contribution in [0.3, 0.4) is 0 Å². The monoisotopic (exact) mass is 417 g/mol. The van der Waals surface area contributed by atoms with Crippen LogP contribution in [0.15, 0.2) is 39.7 Å². The second-order valence-corrected chi connectivity index (χ2v) is 8.23. The summed E-state index contributed by atoms with van der Waals surface area (Å²) in [6, 6.07) is 6.36. The molecule has 0 atom stereocenters. The van der Waals surface area contributed by atoms with Crippen molar-refractivity contribution in [1.82, 2.24) is 10.3 Å². The van der Waals surface area contributed by atoms with Crippen LogP contribution in [-0.2, 0) is 15.0 Å². The highest BCUT2D eigenvalue weighted by molar-refractivity contribution is 7.99. The Bertz CT molecular complexity index is 939. The molecule has 0 bridgehead atoms. The molecule has 0 saturated carbocycles. The fourth-order valence-corrected chi connectivity index (χ4v) is 4.66. The van der Waals surface area contributed by atoms with Crippen LogP contribution in [0.5, 0.6) is 5.75 Å². The maximum Gasteiger partial charge on any atom is 0.244 e. The topological polar surface area (TPSA) is 122 Å². The Morgan fingerprint density at radius 2 is 2.03 bits per heavy atom. The standard InChI is InChI=1S/C20H23N3O5S/c1-13-10-14(24)18(27)19(28-13)20(5-8-29-9-6-20)11-16(25)22-12-17(26)23-15-4-2-3-7-21-15/h2-4,7,10,27H,5-6,8-9,11-12H2,1H3,(H,22,25)(H,21,23,26). The van der Waals surface area contributed by atoms with Gasteiger partial charge in [-0.15, -0.1) is 0 Å². The number of nitrogens with one attached hydrogen (secondary N) is 2. The number of anilines is 1. The first kappa shape index (κ1) is 20.9. The highest BCUT2D eigenvalue weighted by Gasteiger charge is 2.41. The lowest BCUT2D eigenvalue weighted by atomic mass is 9.75. The molecule has 9 heteroatoms. The molecule has 1 aliphatic rings. The van der Waals surface area contributed by atoms with Crippen molar-refractivity contribution >= 4 is 29.4 Å². The van der Waals surface area contributed by atoms with Gasteiger partial charge < -0.3 is 20.2 Å². The number of carbonyl (C=O) groups excluding carboxylic acids is 2. The third-order valence-electron chi connectivity index (χ3n) is 4.85. The fourth-order valence-electron chi connectivity index (χ4n) is 3.38. The lowest BCUT2D eigenvalue weighted by molar-refractivity contribution is -0.125. The number of aromatic hydroxyl groups is 1. The fraction of sp³-hybridized carbons (Fsp3) is 0.400. The summed E-state index contributed by atoms with van der Waals surface area (Å²) in [6.45, 7) is 1.43. The van der Waals surface area contributed by atoms with E-state index in [1.165, 1.54) is 6.07 Å². The molecule has 0 unspecified atom stereocenters. The van der Waals surface area contributed by atoms with Crippen LogP contribution in [0.25, 0.3) is 0 Å². The molecule has 0 aromatic carbocycles. The number of aromatic nitrogens is 1. The van der Waals surface area contributed by atoms with Crippen LogP contribution >= 0.6 is 11.8 Å². The molecule has 0 aliphatic carbocycles. The van der Waals surface area contributed by atoms with E-state index in [0.29, 0.717) is 24.4 Å². The van der Waals surface area contributed by atoms with Crippen molar-refractivity contribution in [2.24, 2.45) is 0 Å². The van der Waals surface area contributed by atoms with Crippen LogP contribution in [-0.4, -0.2) is 40.0 Å². The lowest BCUT2D eigenvalue weighted by Gasteiger charge is -2.35. The number of pyridine rings is 1. The van der Waals surface area contributed by atoms with Crippen molar-refractivity contribution in [2.75, 3.05) is 23.4 Å². The van der Waals surface area contributed by atoms with Gasteiger partial charge in [0.15, 0.2) is 5.76 Å². The highest BCUT2D eigenvalue weighted by atomic mass is 32.2. The lowest BCUT2D eigenvalue weighted by Crippen LogP contribution is -2.40. The summed E-state index contributed by atoms with van der Waals surface area (Å²) in [4.78, 5) is 40.7. The number of amides is 2. The van der Waals surface area contributed by atoms with Gasteiger partial charge in [-0.1, -0.05) is 6.07 Å². The molecule has 29 heavy (non-hydrogen) atoms. The minimum atomic E-state index is -0.776. The van der Waals surface area contributed by atoms with E-state index in [1.54, 1.807) is 43.1 Å². The first-order valence-corrected chi connectivity index (χ1v) is 10.4. The Labute approximate surface area is 172 Å². The Morgan fingerprint density at radius 1 is 1.28 bits per heavy atom. The molecular weight excluding hydrogens is 394 g/mol. The smallest absolute Gasteiger partial charge is 0.244 e. The number of rotatable bonds is 6. The van der Waals surface area contributed by atoms with Crippen LogP contribution in [0.4, 0.5) is 5.82 Å². The van der Waals surface area contributed by atoms with Crippen molar-refractivity contribution in [1.29, 1.82) is 0 Å². The van der Waals surface area contributed by atoms with E-state index in [9.17, 15) is 19.5 Å². The van der Waals surface area contributed by atoms with Gasteiger partial charge in [-0.05, 0) is 43.4 Å². The van der Waals surface area contributed by atoms with Gasteiger partial charge in [0.2, 0.25) is 23.0 Å². The van der Waals surface area contributed by atoms with Gasteiger partial charge >= 0.3 is 0 Å². The largest absolute Gasteiger partial charge is 0.502 e. The molecule has 3 heterocycles. The van der Waals surface area contributed by atoms with Crippen molar-refractivity contribution in [2.45, 2.75) is 31.6 Å². The molecule has 1 fully saturated rings. The minimum Gasteiger partial charge on any atom is -0.502 e. The van der Waals surface area contributed by atoms with E-state index in [0.717, 1.165) is 11.5 Å². The minimum absolute atomic E-state index is 0.0182. The highest BCUT2D eigenvalue weighted by Crippen LogP contribution is 2.43. The molecule has 2 amide bonds. The molecule has 2 aromatic rings. The van der Waals surface area contributed by atoms with E-state index < -0.39 is 22.5 Å². The van der Waals surface area contributed by atoms with Gasteiger partial charge in [0.25, 0.3) is 0 Å². The van der Waals surface area contributed by atoms with Crippen LogP contribution in [0.2, 0.25) is 0 Å². The van der Waals surface area contributed by atoms with Gasteiger partial charge in [0.1, 0.15) is 11.6 Å². The van der Waals surface area contributed by atoms with Gasteiger partial charge in [-0.3, -0.25) is 14.4 Å². The maximum atomic E-state index is 12.6. The first-order valence-electron chi connectivity index (χ1n) is 9.29. The van der Waals surface area contributed by atoms with E-state index in [2.05, 4.69) is 15.6 Å². The van der Waals surface area contributed by atoms with Crippen molar-refractivity contribution in [3.63, 3.8) is 0 Å². The predicted octanol–water partition coefficient (Wildman–Crippen LogP) is 1.96. The zero-order valence-corrected chi connectivity index (χ0v) is 16.9. The summed E-state index contributed by atoms with van der Waals surface area (Å²) in [7, 11) is 0. The zero-order valence-electron chi connectivity index (χ0n) is 16.1. The third-order valence-corrected chi connectivity index (χ3v) is 5.84. The molecule has 1 aliphatic heterocycles. The Balaban J connectivity index is 1.70. The van der Waals surface area contributed by atoms with Crippen molar-refractivity contribution < 1.29 is 19.1 Å². The van der Waals surface area contributed by atoms with E-state index in [4.69, 9.17) is 4.42 Å². The van der Waals surface area contributed by atoms with Crippen molar-refractivity contribution in [3.8, 4) is 5.75 Å². The predicted molar refractivity (Wildman–Crippen MR) is 110 cm³/mol. The molecule has 8 nitrogen and oxygen atoms in total. The van der Waals surface area contributed by atoms with Crippen molar-refractivity contribution in [3.05, 3.63) is 52.2 Å². The summed E-state index contributed by atoms with van der Waals surface area (Å²) in [5.74, 6) is 1.33. The van der Waals surface area contributed by atoms with Gasteiger partial charge in [-0.2, -0.15) is 11.8 Å². The number of hydrogen-bond acceptors (Lipinski definition) is 7. The molecule has 154 valence electrons. The van der Waals surface area contributed by atoms with E-state index >= 15 is 0 Å². The summed E-state index contributed by atoms with van der Waals surface area (Å²) in [6.07, 6.45) is 2.75. The van der Waals surface area contributed by atoms with Crippen LogP contribution in [0.1, 0.15) is 30.8 Å². The third kappa shape index (κ3) is 5.17. The zero-order chi connectivity index (χ0) is 20.9. The summed E-state index contributed by atoms with van der Waals surface area (Å²) in [5, 5.41) is 15.5. The number of aryl methyl sites for hydroxylation is 1. The van der Waals surface area contributed by atoms with Gasteiger partial charge in [0, 0.05) is 24.1 Å². The second-order valence-electron chi connectivity index (χ2n) is 7.01. The first-order chi connectivity index (χ1) is 13.9. The van der Waals surface area contributed by atoms with Crippen LogP contribution in [0, 0.1) is 6.92 Å². The number of nitrogens with zero attached hydrogens (tertiary/aromatic N) is 1. The molecule has 2 aromatic heterocycles. The van der Waals surface area contributed by atoms with E-state index in [-0.39, 0.29) is 24.6 Å². The summed E-state index contributed by atoms with van der Waals surface area (Å²) < 4.78 is 5.71. The summed E-state index contributed by atoms with van der Waals surface area (Å²) >= 11 is 1.75. The average Bonchev–Trinajstić information content (AvgIpc) is 2.70. The normalized spacial score (nSPS) is 15.5. The SMILES string of the molecule is Cc1cc(=O)c(O)c(C2(CC(=O)NCC(=O)Nc3ccccn3)CCSCC2)o1. The number of hydrogen-bond donors (Lipinski definition) is 3. The van der Waals surface area contributed by atoms with Gasteiger partial charge in [0.05, 0.1) is 6.54 Å². The molecule has 0 spiro atoms. The quantitative estimate of drug-likeness (QED) is 0.657. The van der Waals surface area contributed by atoms with E-state index in [1.807, 2.05) is 0 Å². The number of carbonyl (C=O) groups is 2. The Hall–Kier alpha value is -2.81. The molecule has 0 radical (unpaired) electrons. The van der Waals surface area contributed by atoms with Gasteiger partial charge in [-0.25, -0.2) is 4.98 Å². The molecular formula is C20H23N3O5S.